The van der Waals surface area contributed by atoms with E-state index in [2.05, 4.69) is 27.7 Å². The zero-order valence-electron chi connectivity index (χ0n) is 11.5. The number of hydrogen-bond donors (Lipinski definition) is 1. The molecule has 6 nitrogen and oxygen atoms in total. The third kappa shape index (κ3) is 3.13. The van der Waals surface area contributed by atoms with Crippen LogP contribution < -0.4 is 5.32 Å². The molecule has 0 bridgehead atoms. The second kappa shape index (κ2) is 6.16. The van der Waals surface area contributed by atoms with Gasteiger partial charge in [-0.15, -0.1) is 5.10 Å². The summed E-state index contributed by atoms with van der Waals surface area (Å²) in [7, 11) is 1.90. The zero-order chi connectivity index (χ0) is 13.8. The first-order valence-electron chi connectivity index (χ1n) is 6.45. The van der Waals surface area contributed by atoms with Crippen LogP contribution in [0.1, 0.15) is 30.9 Å². The normalized spacial score (nSPS) is 11.2. The van der Waals surface area contributed by atoms with Gasteiger partial charge in [-0.25, -0.2) is 4.68 Å². The molecule has 7 heteroatoms. The number of aryl methyl sites for hydroxylation is 2. The highest BCUT2D eigenvalue weighted by Crippen LogP contribution is 2.21. The molecule has 0 amide bonds. The van der Waals surface area contributed by atoms with Crippen molar-refractivity contribution in [1.29, 1.82) is 0 Å². The summed E-state index contributed by atoms with van der Waals surface area (Å²) in [6, 6.07) is 0. The van der Waals surface area contributed by atoms with E-state index in [0.29, 0.717) is 6.54 Å². The summed E-state index contributed by atoms with van der Waals surface area (Å²) in [4.78, 5) is 0. The van der Waals surface area contributed by atoms with Gasteiger partial charge in [0.1, 0.15) is 0 Å². The Morgan fingerprint density at radius 1 is 1.37 bits per heavy atom. The Bertz CT molecular complexity index is 544. The highest BCUT2D eigenvalue weighted by molar-refractivity contribution is 6.31. The molecule has 2 heterocycles. The predicted molar refractivity (Wildman–Crippen MR) is 74.1 cm³/mol. The molecule has 0 atom stereocenters. The molecular formula is C12H19ClN6. The lowest BCUT2D eigenvalue weighted by molar-refractivity contribution is 0.598. The molecule has 0 spiro atoms. The van der Waals surface area contributed by atoms with E-state index in [1.165, 1.54) is 0 Å². The minimum Gasteiger partial charge on any atom is -0.311 e. The molecule has 0 saturated heterocycles. The largest absolute Gasteiger partial charge is 0.311 e. The first-order chi connectivity index (χ1) is 9.15. The van der Waals surface area contributed by atoms with Crippen LogP contribution in [0.5, 0.6) is 0 Å². The van der Waals surface area contributed by atoms with Crippen LogP contribution in [0.25, 0.3) is 0 Å². The molecular weight excluding hydrogens is 264 g/mol. The molecule has 0 aromatic carbocycles. The van der Waals surface area contributed by atoms with E-state index < -0.39 is 0 Å². The van der Waals surface area contributed by atoms with Crippen LogP contribution in [0, 0.1) is 0 Å². The lowest BCUT2D eigenvalue weighted by Gasteiger charge is -2.02. The molecule has 2 rings (SSSR count). The second-order valence-corrected chi connectivity index (χ2v) is 4.75. The fraction of sp³-hybridized carbons (Fsp3) is 0.583. The maximum atomic E-state index is 6.31. The second-order valence-electron chi connectivity index (χ2n) is 4.37. The summed E-state index contributed by atoms with van der Waals surface area (Å²) < 4.78 is 3.60. The van der Waals surface area contributed by atoms with Gasteiger partial charge < -0.3 is 5.32 Å². The first-order valence-corrected chi connectivity index (χ1v) is 6.83. The summed E-state index contributed by atoms with van der Waals surface area (Å²) in [5, 5.41) is 16.6. The summed E-state index contributed by atoms with van der Waals surface area (Å²) >= 11 is 6.31. The first kappa shape index (κ1) is 14.0. The van der Waals surface area contributed by atoms with Gasteiger partial charge in [-0.1, -0.05) is 30.7 Å². The third-order valence-corrected chi connectivity index (χ3v) is 3.39. The van der Waals surface area contributed by atoms with Crippen LogP contribution in [0.3, 0.4) is 0 Å². The SMILES string of the molecule is CCNCc1cn(Cc2c(Cl)c(CC)nn2C)nn1. The Kier molecular flexibility index (Phi) is 4.55. The van der Waals surface area contributed by atoms with Crippen molar-refractivity contribution in [1.82, 2.24) is 30.1 Å². The van der Waals surface area contributed by atoms with Gasteiger partial charge in [0, 0.05) is 13.6 Å². The Balaban J connectivity index is 2.12. The van der Waals surface area contributed by atoms with Gasteiger partial charge >= 0.3 is 0 Å². The maximum Gasteiger partial charge on any atom is 0.0964 e. The van der Waals surface area contributed by atoms with Gasteiger partial charge in [0.25, 0.3) is 0 Å². The molecule has 19 heavy (non-hydrogen) atoms. The minimum absolute atomic E-state index is 0.585. The van der Waals surface area contributed by atoms with Crippen molar-refractivity contribution in [3.05, 3.63) is 28.3 Å². The third-order valence-electron chi connectivity index (χ3n) is 2.96. The highest BCUT2D eigenvalue weighted by atomic mass is 35.5. The van der Waals surface area contributed by atoms with Crippen LogP contribution in [-0.4, -0.2) is 31.3 Å². The van der Waals surface area contributed by atoms with E-state index in [4.69, 9.17) is 11.6 Å². The molecule has 0 aliphatic carbocycles. The zero-order valence-corrected chi connectivity index (χ0v) is 12.3. The van der Waals surface area contributed by atoms with E-state index in [0.717, 1.165) is 41.6 Å². The Labute approximate surface area is 117 Å². The number of hydrogen-bond acceptors (Lipinski definition) is 4. The van der Waals surface area contributed by atoms with Gasteiger partial charge in [-0.3, -0.25) is 4.68 Å². The van der Waals surface area contributed by atoms with E-state index in [-0.39, 0.29) is 0 Å². The van der Waals surface area contributed by atoms with E-state index in [1.807, 2.05) is 24.9 Å². The number of halogens is 1. The van der Waals surface area contributed by atoms with E-state index in [9.17, 15) is 0 Å². The van der Waals surface area contributed by atoms with Crippen molar-refractivity contribution in [2.75, 3.05) is 6.54 Å². The molecule has 2 aromatic rings. The van der Waals surface area contributed by atoms with E-state index >= 15 is 0 Å². The monoisotopic (exact) mass is 282 g/mol. The lowest BCUT2D eigenvalue weighted by atomic mass is 10.3. The average Bonchev–Trinajstić information content (AvgIpc) is 2.96. The standard InChI is InChI=1S/C12H19ClN6/c1-4-10-12(13)11(18(3)16-10)8-19-7-9(15-17-19)6-14-5-2/h7,14H,4-6,8H2,1-3H3. The molecule has 0 saturated carbocycles. The van der Waals surface area contributed by atoms with E-state index in [1.54, 1.807) is 4.68 Å². The van der Waals surface area contributed by atoms with Crippen molar-refractivity contribution >= 4 is 11.6 Å². The highest BCUT2D eigenvalue weighted by Gasteiger charge is 2.14. The van der Waals surface area contributed by atoms with Gasteiger partial charge in [0.2, 0.25) is 0 Å². The Morgan fingerprint density at radius 3 is 2.79 bits per heavy atom. The van der Waals surface area contributed by atoms with Crippen LogP contribution in [-0.2, 0) is 26.6 Å². The summed E-state index contributed by atoms with van der Waals surface area (Å²) in [5.41, 5.74) is 2.81. The van der Waals surface area contributed by atoms with Crippen LogP contribution in [0.4, 0.5) is 0 Å². The van der Waals surface area contributed by atoms with Crippen molar-refractivity contribution in [2.24, 2.45) is 7.05 Å². The fourth-order valence-electron chi connectivity index (χ4n) is 1.89. The van der Waals surface area contributed by atoms with Crippen molar-refractivity contribution in [3.8, 4) is 0 Å². The van der Waals surface area contributed by atoms with Gasteiger partial charge in [0.15, 0.2) is 0 Å². The predicted octanol–water partition coefficient (Wildman–Crippen LogP) is 1.39. The van der Waals surface area contributed by atoms with Crippen molar-refractivity contribution in [3.63, 3.8) is 0 Å². The molecule has 104 valence electrons. The number of aromatic nitrogens is 5. The molecule has 0 unspecified atom stereocenters. The topological polar surface area (TPSA) is 60.6 Å². The quantitative estimate of drug-likeness (QED) is 0.870. The Hall–Kier alpha value is -1.40. The average molecular weight is 283 g/mol. The van der Waals surface area contributed by atoms with Crippen LogP contribution in [0.2, 0.25) is 5.02 Å². The van der Waals surface area contributed by atoms with Crippen LogP contribution in [0.15, 0.2) is 6.20 Å². The summed E-state index contributed by atoms with van der Waals surface area (Å²) in [5.74, 6) is 0. The molecule has 0 fully saturated rings. The summed E-state index contributed by atoms with van der Waals surface area (Å²) in [6.45, 7) is 6.34. The minimum atomic E-state index is 0.585. The Morgan fingerprint density at radius 2 is 2.16 bits per heavy atom. The van der Waals surface area contributed by atoms with Crippen molar-refractivity contribution < 1.29 is 0 Å². The van der Waals surface area contributed by atoms with Gasteiger partial charge in [0.05, 0.1) is 34.8 Å². The number of nitrogens with zero attached hydrogens (tertiary/aromatic N) is 5. The van der Waals surface area contributed by atoms with Crippen LogP contribution >= 0.6 is 11.6 Å². The fourth-order valence-corrected chi connectivity index (χ4v) is 2.25. The molecule has 1 N–H and O–H groups in total. The van der Waals surface area contributed by atoms with Crippen molar-refractivity contribution in [2.45, 2.75) is 33.4 Å². The van der Waals surface area contributed by atoms with Gasteiger partial charge in [-0.2, -0.15) is 5.10 Å². The summed E-state index contributed by atoms with van der Waals surface area (Å²) in [6.07, 6.45) is 2.76. The smallest absolute Gasteiger partial charge is 0.0964 e. The molecule has 2 aromatic heterocycles. The molecule has 0 radical (unpaired) electrons. The number of rotatable bonds is 6. The maximum absolute atomic E-state index is 6.31. The van der Waals surface area contributed by atoms with Gasteiger partial charge in [-0.05, 0) is 13.0 Å². The number of nitrogens with one attached hydrogen (secondary N) is 1. The molecule has 0 aliphatic heterocycles. The lowest BCUT2D eigenvalue weighted by Crippen LogP contribution is -2.11. The molecule has 0 aliphatic rings.